The number of likely N-dealkylation sites (tertiary alicyclic amines) is 1. The monoisotopic (exact) mass is 373 g/mol. The highest BCUT2D eigenvalue weighted by Gasteiger charge is 2.26. The molecule has 0 N–H and O–H groups in total. The number of amides is 1. The first-order valence-electron chi connectivity index (χ1n) is 7.69. The SMILES string of the molecule is C[C@H](OC(=O)c1cc(S(C)(=O)=O)ccc1Cl)C(=O)N1CCCCC1. The van der Waals surface area contributed by atoms with Gasteiger partial charge in [-0.2, -0.15) is 0 Å². The highest BCUT2D eigenvalue weighted by Crippen LogP contribution is 2.22. The fourth-order valence-electron chi connectivity index (χ4n) is 2.54. The molecule has 8 heteroatoms. The largest absolute Gasteiger partial charge is 0.449 e. The topological polar surface area (TPSA) is 80.8 Å². The summed E-state index contributed by atoms with van der Waals surface area (Å²) in [5.41, 5.74) is -0.0714. The average molecular weight is 374 g/mol. The molecule has 0 unspecified atom stereocenters. The van der Waals surface area contributed by atoms with Gasteiger partial charge in [0.1, 0.15) is 0 Å². The fourth-order valence-corrected chi connectivity index (χ4v) is 3.38. The zero-order chi connectivity index (χ0) is 17.9. The molecule has 1 amide bonds. The molecule has 1 saturated heterocycles. The predicted octanol–water partition coefficient (Wildman–Crippen LogP) is 2.30. The molecule has 6 nitrogen and oxygen atoms in total. The van der Waals surface area contributed by atoms with Gasteiger partial charge in [-0.15, -0.1) is 0 Å². The summed E-state index contributed by atoms with van der Waals surface area (Å²) < 4.78 is 28.4. The van der Waals surface area contributed by atoms with Gasteiger partial charge in [0.15, 0.2) is 15.9 Å². The van der Waals surface area contributed by atoms with Gasteiger partial charge in [-0.05, 0) is 44.4 Å². The van der Waals surface area contributed by atoms with E-state index in [1.165, 1.54) is 19.1 Å². The summed E-state index contributed by atoms with van der Waals surface area (Å²) >= 11 is 5.96. The second-order valence-corrected chi connectivity index (χ2v) is 8.27. The summed E-state index contributed by atoms with van der Waals surface area (Å²) in [4.78, 5) is 26.2. The van der Waals surface area contributed by atoms with Crippen molar-refractivity contribution in [3.63, 3.8) is 0 Å². The van der Waals surface area contributed by atoms with Crippen LogP contribution in [0.5, 0.6) is 0 Å². The zero-order valence-corrected chi connectivity index (χ0v) is 15.2. The molecule has 0 bridgehead atoms. The lowest BCUT2D eigenvalue weighted by molar-refractivity contribution is -0.140. The molecule has 0 aromatic heterocycles. The Kier molecular flexibility index (Phi) is 5.87. The van der Waals surface area contributed by atoms with Gasteiger partial charge in [-0.3, -0.25) is 4.79 Å². The van der Waals surface area contributed by atoms with Crippen molar-refractivity contribution in [2.45, 2.75) is 37.2 Å². The molecule has 0 spiro atoms. The number of carbonyl (C=O) groups is 2. The van der Waals surface area contributed by atoms with Gasteiger partial charge in [0.05, 0.1) is 15.5 Å². The number of benzene rings is 1. The lowest BCUT2D eigenvalue weighted by Gasteiger charge is -2.29. The average Bonchev–Trinajstić information content (AvgIpc) is 2.54. The van der Waals surface area contributed by atoms with E-state index in [1.54, 1.807) is 4.90 Å². The number of hydrogen-bond donors (Lipinski definition) is 0. The molecule has 1 aliphatic rings. The van der Waals surface area contributed by atoms with E-state index in [1.807, 2.05) is 0 Å². The molecule has 1 heterocycles. The van der Waals surface area contributed by atoms with E-state index in [4.69, 9.17) is 16.3 Å². The Balaban J connectivity index is 2.12. The van der Waals surface area contributed by atoms with Crippen molar-refractivity contribution < 1.29 is 22.7 Å². The fraction of sp³-hybridized carbons (Fsp3) is 0.500. The third-order valence-corrected chi connectivity index (χ3v) is 5.33. The summed E-state index contributed by atoms with van der Waals surface area (Å²) in [6.07, 6.45) is 3.05. The molecule has 1 atom stereocenters. The molecular weight excluding hydrogens is 354 g/mol. The minimum absolute atomic E-state index is 0.0335. The Bertz CT molecular complexity index is 741. The predicted molar refractivity (Wildman–Crippen MR) is 89.9 cm³/mol. The number of ether oxygens (including phenoxy) is 1. The molecular formula is C16H20ClNO5S. The van der Waals surface area contributed by atoms with E-state index in [-0.39, 0.29) is 21.4 Å². The quantitative estimate of drug-likeness (QED) is 0.756. The van der Waals surface area contributed by atoms with Crippen LogP contribution in [0.25, 0.3) is 0 Å². The van der Waals surface area contributed by atoms with Crippen LogP contribution in [0.1, 0.15) is 36.5 Å². The van der Waals surface area contributed by atoms with Crippen molar-refractivity contribution in [1.82, 2.24) is 4.90 Å². The van der Waals surface area contributed by atoms with Crippen molar-refractivity contribution in [3.8, 4) is 0 Å². The third kappa shape index (κ3) is 4.48. The van der Waals surface area contributed by atoms with Crippen molar-refractivity contribution in [2.24, 2.45) is 0 Å². The normalized spacial score (nSPS) is 16.5. The van der Waals surface area contributed by atoms with Crippen LogP contribution in [0.4, 0.5) is 0 Å². The van der Waals surface area contributed by atoms with Crippen LogP contribution in [0.15, 0.2) is 23.1 Å². The van der Waals surface area contributed by atoms with Crippen molar-refractivity contribution in [1.29, 1.82) is 0 Å². The van der Waals surface area contributed by atoms with Crippen LogP contribution in [-0.4, -0.2) is 50.6 Å². The molecule has 1 aliphatic heterocycles. The lowest BCUT2D eigenvalue weighted by Crippen LogP contribution is -2.42. The number of halogens is 1. The molecule has 0 saturated carbocycles. The van der Waals surface area contributed by atoms with Gasteiger partial charge < -0.3 is 9.64 Å². The smallest absolute Gasteiger partial charge is 0.340 e. The number of esters is 1. The second kappa shape index (κ2) is 7.53. The highest BCUT2D eigenvalue weighted by atomic mass is 35.5. The van der Waals surface area contributed by atoms with E-state index in [0.29, 0.717) is 13.1 Å². The van der Waals surface area contributed by atoms with Crippen LogP contribution in [0.2, 0.25) is 5.02 Å². The van der Waals surface area contributed by atoms with Gasteiger partial charge in [0, 0.05) is 19.3 Å². The first-order chi connectivity index (χ1) is 11.2. The molecule has 0 aliphatic carbocycles. The minimum atomic E-state index is -3.48. The number of piperidine rings is 1. The first kappa shape index (κ1) is 18.7. The molecule has 1 aromatic carbocycles. The van der Waals surface area contributed by atoms with Crippen LogP contribution in [0, 0.1) is 0 Å². The molecule has 132 valence electrons. The maximum atomic E-state index is 12.3. The van der Waals surface area contributed by atoms with Gasteiger partial charge in [-0.25, -0.2) is 13.2 Å². The van der Waals surface area contributed by atoms with Crippen molar-refractivity contribution in [3.05, 3.63) is 28.8 Å². The Hall–Kier alpha value is -1.60. The van der Waals surface area contributed by atoms with E-state index in [9.17, 15) is 18.0 Å². The molecule has 24 heavy (non-hydrogen) atoms. The summed E-state index contributed by atoms with van der Waals surface area (Å²) in [6.45, 7) is 2.82. The highest BCUT2D eigenvalue weighted by molar-refractivity contribution is 7.90. The lowest BCUT2D eigenvalue weighted by atomic mass is 10.1. The van der Waals surface area contributed by atoms with Gasteiger partial charge >= 0.3 is 5.97 Å². The van der Waals surface area contributed by atoms with E-state index in [2.05, 4.69) is 0 Å². The Morgan fingerprint density at radius 1 is 1.21 bits per heavy atom. The number of carbonyl (C=O) groups excluding carboxylic acids is 2. The van der Waals surface area contributed by atoms with Crippen LogP contribution in [0.3, 0.4) is 0 Å². The maximum Gasteiger partial charge on any atom is 0.340 e. The molecule has 0 radical (unpaired) electrons. The molecule has 1 fully saturated rings. The zero-order valence-electron chi connectivity index (χ0n) is 13.6. The van der Waals surface area contributed by atoms with E-state index in [0.717, 1.165) is 31.6 Å². The number of rotatable bonds is 4. The number of hydrogen-bond acceptors (Lipinski definition) is 5. The number of sulfone groups is 1. The van der Waals surface area contributed by atoms with Gasteiger partial charge in [0.2, 0.25) is 0 Å². The summed E-state index contributed by atoms with van der Waals surface area (Å²) in [5.74, 6) is -1.07. The summed E-state index contributed by atoms with van der Waals surface area (Å²) in [5, 5.41) is 0.0741. The minimum Gasteiger partial charge on any atom is -0.449 e. The van der Waals surface area contributed by atoms with Gasteiger partial charge in [0.25, 0.3) is 5.91 Å². The van der Waals surface area contributed by atoms with E-state index >= 15 is 0 Å². The molecule has 1 aromatic rings. The van der Waals surface area contributed by atoms with Crippen molar-refractivity contribution >= 4 is 33.3 Å². The van der Waals surface area contributed by atoms with E-state index < -0.39 is 21.9 Å². The second-order valence-electron chi connectivity index (χ2n) is 5.85. The maximum absolute atomic E-state index is 12.3. The number of nitrogens with zero attached hydrogens (tertiary/aromatic N) is 1. The Labute approximate surface area is 146 Å². The standard InChI is InChI=1S/C16H20ClNO5S/c1-11(15(19)18-8-4-3-5-9-18)23-16(20)13-10-12(24(2,21)22)6-7-14(13)17/h6-7,10-11H,3-5,8-9H2,1-2H3/t11-/m0/s1. The Morgan fingerprint density at radius 2 is 1.83 bits per heavy atom. The van der Waals surface area contributed by atoms with Crippen LogP contribution in [-0.2, 0) is 19.4 Å². The van der Waals surface area contributed by atoms with Crippen LogP contribution < -0.4 is 0 Å². The third-order valence-electron chi connectivity index (χ3n) is 3.89. The molecule has 2 rings (SSSR count). The van der Waals surface area contributed by atoms with Crippen molar-refractivity contribution in [2.75, 3.05) is 19.3 Å². The van der Waals surface area contributed by atoms with Crippen LogP contribution >= 0.6 is 11.6 Å². The summed E-state index contributed by atoms with van der Waals surface area (Å²) in [7, 11) is -3.48. The summed E-state index contributed by atoms with van der Waals surface area (Å²) in [6, 6.07) is 3.81. The first-order valence-corrected chi connectivity index (χ1v) is 9.96. The van der Waals surface area contributed by atoms with Gasteiger partial charge in [-0.1, -0.05) is 11.6 Å². The Morgan fingerprint density at radius 3 is 2.42 bits per heavy atom.